The molecule has 4 nitrogen and oxygen atoms in total. The van der Waals surface area contributed by atoms with Gasteiger partial charge >= 0.3 is 0 Å². The summed E-state index contributed by atoms with van der Waals surface area (Å²) in [5.74, 6) is 1.60. The molecule has 0 bridgehead atoms. The molecule has 1 fully saturated rings. The molecule has 1 aliphatic rings. The Morgan fingerprint density at radius 1 is 1.35 bits per heavy atom. The molecule has 1 heterocycles. The van der Waals surface area contributed by atoms with Crippen LogP contribution in [-0.4, -0.2) is 30.5 Å². The van der Waals surface area contributed by atoms with Crippen molar-refractivity contribution in [1.29, 1.82) is 0 Å². The largest absolute Gasteiger partial charge is 0.495 e. The van der Waals surface area contributed by atoms with E-state index in [0.29, 0.717) is 28.8 Å². The molecule has 1 aromatic rings. The van der Waals surface area contributed by atoms with Gasteiger partial charge in [-0.25, -0.2) is 0 Å². The van der Waals surface area contributed by atoms with Gasteiger partial charge in [0.1, 0.15) is 5.75 Å². The van der Waals surface area contributed by atoms with Gasteiger partial charge < -0.3 is 15.4 Å². The van der Waals surface area contributed by atoms with Crippen LogP contribution in [0.3, 0.4) is 0 Å². The van der Waals surface area contributed by atoms with Crippen LogP contribution in [0.25, 0.3) is 0 Å². The maximum atomic E-state index is 12.8. The Balaban J connectivity index is 2.31. The summed E-state index contributed by atoms with van der Waals surface area (Å²) >= 11 is 0. The summed E-state index contributed by atoms with van der Waals surface area (Å²) in [6.45, 7) is 7.30. The third kappa shape index (κ3) is 2.60. The van der Waals surface area contributed by atoms with Crippen LogP contribution in [0.4, 0.5) is 5.69 Å². The van der Waals surface area contributed by atoms with Gasteiger partial charge in [-0.1, -0.05) is 19.9 Å². The van der Waals surface area contributed by atoms with Crippen molar-refractivity contribution >= 4 is 11.6 Å². The van der Waals surface area contributed by atoms with Crippen LogP contribution in [0, 0.1) is 11.8 Å². The molecule has 0 aliphatic carbocycles. The molecular weight excluding hydrogens is 252 g/mol. The minimum Gasteiger partial charge on any atom is -0.495 e. The van der Waals surface area contributed by atoms with Crippen molar-refractivity contribution in [3.05, 3.63) is 23.8 Å². The lowest BCUT2D eigenvalue weighted by Crippen LogP contribution is -2.49. The second-order valence-electron chi connectivity index (χ2n) is 5.94. The molecule has 20 heavy (non-hydrogen) atoms. The lowest BCUT2D eigenvalue weighted by atomic mass is 9.85. The first-order valence-electron chi connectivity index (χ1n) is 7.19. The molecule has 0 spiro atoms. The summed E-state index contributed by atoms with van der Waals surface area (Å²) in [5, 5.41) is 0. The van der Waals surface area contributed by atoms with E-state index in [1.165, 1.54) is 6.42 Å². The Morgan fingerprint density at radius 3 is 2.70 bits per heavy atom. The standard InChI is InChI=1S/C16H24N2O2/c1-10-8-11(2)12(3)18(9-10)16(19)13-6-5-7-14(20-4)15(13)17/h5-7,10-12H,8-9,17H2,1-4H3. The maximum Gasteiger partial charge on any atom is 0.256 e. The molecule has 2 N–H and O–H groups in total. The number of para-hydroxylation sites is 1. The summed E-state index contributed by atoms with van der Waals surface area (Å²) in [6.07, 6.45) is 1.17. The summed E-state index contributed by atoms with van der Waals surface area (Å²) in [4.78, 5) is 14.7. The van der Waals surface area contributed by atoms with Crippen molar-refractivity contribution in [3.63, 3.8) is 0 Å². The van der Waals surface area contributed by atoms with Crippen molar-refractivity contribution in [3.8, 4) is 5.75 Å². The van der Waals surface area contributed by atoms with Gasteiger partial charge in [-0.05, 0) is 37.3 Å². The first-order chi connectivity index (χ1) is 9.45. The van der Waals surface area contributed by atoms with E-state index in [2.05, 4.69) is 20.8 Å². The highest BCUT2D eigenvalue weighted by atomic mass is 16.5. The van der Waals surface area contributed by atoms with Crippen LogP contribution in [0.2, 0.25) is 0 Å². The maximum absolute atomic E-state index is 12.8. The normalized spacial score (nSPS) is 26.4. The fourth-order valence-electron chi connectivity index (χ4n) is 3.05. The second-order valence-corrected chi connectivity index (χ2v) is 5.94. The number of carbonyl (C=O) groups is 1. The number of nitrogens with two attached hydrogens (primary N) is 1. The Kier molecular flexibility index (Phi) is 4.21. The van der Waals surface area contributed by atoms with Crippen LogP contribution in [0.15, 0.2) is 18.2 Å². The fraction of sp³-hybridized carbons (Fsp3) is 0.562. The van der Waals surface area contributed by atoms with E-state index in [1.54, 1.807) is 19.2 Å². The van der Waals surface area contributed by atoms with Crippen LogP contribution in [0.1, 0.15) is 37.6 Å². The monoisotopic (exact) mass is 276 g/mol. The lowest BCUT2D eigenvalue weighted by molar-refractivity contribution is 0.0456. The summed E-state index contributed by atoms with van der Waals surface area (Å²) in [6, 6.07) is 5.60. The quantitative estimate of drug-likeness (QED) is 0.845. The highest BCUT2D eigenvalue weighted by Crippen LogP contribution is 2.31. The van der Waals surface area contributed by atoms with Gasteiger partial charge in [0.05, 0.1) is 18.4 Å². The number of anilines is 1. The molecule has 1 amide bonds. The average molecular weight is 276 g/mol. The topological polar surface area (TPSA) is 55.6 Å². The number of methoxy groups -OCH3 is 1. The lowest BCUT2D eigenvalue weighted by Gasteiger charge is -2.41. The first kappa shape index (κ1) is 14.7. The van der Waals surface area contributed by atoms with Crippen molar-refractivity contribution in [1.82, 2.24) is 4.90 Å². The van der Waals surface area contributed by atoms with Gasteiger partial charge in [0.2, 0.25) is 0 Å². The number of rotatable bonds is 2. The minimum absolute atomic E-state index is 0.00676. The summed E-state index contributed by atoms with van der Waals surface area (Å²) < 4.78 is 5.20. The number of hydrogen-bond acceptors (Lipinski definition) is 3. The van der Waals surface area contributed by atoms with Gasteiger partial charge in [-0.15, -0.1) is 0 Å². The van der Waals surface area contributed by atoms with Crippen LogP contribution < -0.4 is 10.5 Å². The average Bonchev–Trinajstić information content (AvgIpc) is 2.42. The number of benzene rings is 1. The molecule has 0 aromatic heterocycles. The van der Waals surface area contributed by atoms with Gasteiger partial charge in [-0.3, -0.25) is 4.79 Å². The predicted molar refractivity (Wildman–Crippen MR) is 80.8 cm³/mol. The number of piperidine rings is 1. The predicted octanol–water partition coefficient (Wildman–Crippen LogP) is 2.78. The zero-order valence-electron chi connectivity index (χ0n) is 12.7. The third-order valence-electron chi connectivity index (χ3n) is 4.37. The van der Waals surface area contributed by atoms with E-state index in [4.69, 9.17) is 10.5 Å². The number of ether oxygens (including phenoxy) is 1. The number of hydrogen-bond donors (Lipinski definition) is 1. The number of amides is 1. The summed E-state index contributed by atoms with van der Waals surface area (Å²) in [5.41, 5.74) is 7.01. The van der Waals surface area contributed by atoms with E-state index in [-0.39, 0.29) is 11.9 Å². The van der Waals surface area contributed by atoms with Crippen molar-refractivity contribution in [2.24, 2.45) is 11.8 Å². The number of nitrogen functional groups attached to an aromatic ring is 1. The first-order valence-corrected chi connectivity index (χ1v) is 7.19. The van der Waals surface area contributed by atoms with E-state index < -0.39 is 0 Å². The highest BCUT2D eigenvalue weighted by Gasteiger charge is 2.33. The molecule has 0 saturated carbocycles. The van der Waals surface area contributed by atoms with Crippen LogP contribution in [0.5, 0.6) is 5.75 Å². The Labute approximate surface area is 120 Å². The molecule has 1 saturated heterocycles. The van der Waals surface area contributed by atoms with Crippen molar-refractivity contribution < 1.29 is 9.53 Å². The van der Waals surface area contributed by atoms with E-state index in [0.717, 1.165) is 6.54 Å². The molecule has 0 radical (unpaired) electrons. The molecule has 1 aromatic carbocycles. The van der Waals surface area contributed by atoms with E-state index in [9.17, 15) is 4.79 Å². The Hall–Kier alpha value is -1.71. The smallest absolute Gasteiger partial charge is 0.256 e. The SMILES string of the molecule is COc1cccc(C(=O)N2CC(C)CC(C)C2C)c1N. The molecule has 4 heteroatoms. The van der Waals surface area contributed by atoms with Crippen molar-refractivity contribution in [2.75, 3.05) is 19.4 Å². The van der Waals surface area contributed by atoms with Gasteiger partial charge in [0.15, 0.2) is 0 Å². The summed E-state index contributed by atoms with van der Waals surface area (Å²) in [7, 11) is 1.56. The van der Waals surface area contributed by atoms with Crippen molar-refractivity contribution in [2.45, 2.75) is 33.2 Å². The molecule has 110 valence electrons. The molecule has 1 aliphatic heterocycles. The zero-order chi connectivity index (χ0) is 14.9. The molecule has 3 unspecified atom stereocenters. The van der Waals surface area contributed by atoms with Crippen LogP contribution in [-0.2, 0) is 0 Å². The number of carbonyl (C=O) groups excluding carboxylic acids is 1. The number of likely N-dealkylation sites (tertiary alicyclic amines) is 1. The fourth-order valence-corrected chi connectivity index (χ4v) is 3.05. The minimum atomic E-state index is 0.00676. The van der Waals surface area contributed by atoms with Gasteiger partial charge in [0, 0.05) is 12.6 Å². The Bertz CT molecular complexity index is 501. The second kappa shape index (κ2) is 5.73. The zero-order valence-corrected chi connectivity index (χ0v) is 12.7. The molecule has 3 atom stereocenters. The third-order valence-corrected chi connectivity index (χ3v) is 4.37. The van der Waals surface area contributed by atoms with Gasteiger partial charge in [0.25, 0.3) is 5.91 Å². The van der Waals surface area contributed by atoms with Gasteiger partial charge in [-0.2, -0.15) is 0 Å². The Morgan fingerprint density at radius 2 is 2.05 bits per heavy atom. The highest BCUT2D eigenvalue weighted by molar-refractivity contribution is 6.00. The van der Waals surface area contributed by atoms with E-state index in [1.807, 2.05) is 11.0 Å². The number of nitrogens with zero attached hydrogens (tertiary/aromatic N) is 1. The molecule has 2 rings (SSSR count). The van der Waals surface area contributed by atoms with E-state index >= 15 is 0 Å². The van der Waals surface area contributed by atoms with Crippen LogP contribution >= 0.6 is 0 Å². The molecular formula is C16H24N2O2.